The zero-order valence-electron chi connectivity index (χ0n) is 17.2. The fourth-order valence-electron chi connectivity index (χ4n) is 3.46. The van der Waals surface area contributed by atoms with Crippen molar-refractivity contribution < 1.29 is 4.79 Å². The second kappa shape index (κ2) is 8.20. The number of aryl methyl sites for hydroxylation is 1. The number of benzene rings is 1. The molecule has 4 aromatic heterocycles. The number of hydrogen-bond acceptors (Lipinski definition) is 7. The van der Waals surface area contributed by atoms with Crippen molar-refractivity contribution in [3.8, 4) is 17.1 Å². The van der Waals surface area contributed by atoms with Crippen molar-refractivity contribution in [2.45, 2.75) is 13.5 Å². The van der Waals surface area contributed by atoms with E-state index in [-0.39, 0.29) is 5.91 Å². The summed E-state index contributed by atoms with van der Waals surface area (Å²) in [6.45, 7) is 2.40. The molecule has 9 heteroatoms. The molecule has 4 heterocycles. The Kier molecular flexibility index (Phi) is 5.08. The Balaban J connectivity index is 1.50. The summed E-state index contributed by atoms with van der Waals surface area (Å²) < 4.78 is 1.97. The van der Waals surface area contributed by atoms with Crippen molar-refractivity contribution in [2.24, 2.45) is 0 Å². The third-order valence-electron chi connectivity index (χ3n) is 5.02. The molecule has 0 saturated heterocycles. The second-order valence-electron chi connectivity index (χ2n) is 7.28. The number of anilines is 1. The van der Waals surface area contributed by atoms with Gasteiger partial charge < -0.3 is 11.1 Å². The van der Waals surface area contributed by atoms with Gasteiger partial charge in [-0.1, -0.05) is 12.1 Å². The summed E-state index contributed by atoms with van der Waals surface area (Å²) in [5, 5.41) is 2.91. The first-order valence-corrected chi connectivity index (χ1v) is 10.8. The molecule has 0 aliphatic heterocycles. The number of thiazole rings is 1. The number of rotatable bonds is 5. The van der Waals surface area contributed by atoms with Crippen molar-refractivity contribution >= 4 is 34.2 Å². The van der Waals surface area contributed by atoms with Gasteiger partial charge in [0.2, 0.25) is 0 Å². The van der Waals surface area contributed by atoms with Crippen molar-refractivity contribution in [3.05, 3.63) is 82.6 Å². The molecule has 3 N–H and O–H groups in total. The van der Waals surface area contributed by atoms with Gasteiger partial charge in [-0.25, -0.2) is 15.0 Å². The van der Waals surface area contributed by atoms with E-state index in [0.29, 0.717) is 23.1 Å². The number of nitrogens with zero attached hydrogens (tertiary/aromatic N) is 5. The van der Waals surface area contributed by atoms with E-state index in [9.17, 15) is 4.79 Å². The summed E-state index contributed by atoms with van der Waals surface area (Å²) in [7, 11) is 0. The Labute approximate surface area is 187 Å². The van der Waals surface area contributed by atoms with E-state index in [2.05, 4.69) is 20.3 Å². The number of carbonyl (C=O) groups excluding carboxylic acids is 1. The molecule has 0 spiro atoms. The molecule has 0 aliphatic rings. The van der Waals surface area contributed by atoms with Gasteiger partial charge in [0.1, 0.15) is 16.2 Å². The van der Waals surface area contributed by atoms with Gasteiger partial charge in [-0.3, -0.25) is 14.3 Å². The van der Waals surface area contributed by atoms with Crippen LogP contribution in [-0.2, 0) is 6.54 Å². The lowest BCUT2D eigenvalue weighted by atomic mass is 10.2. The summed E-state index contributed by atoms with van der Waals surface area (Å²) >= 11 is 1.31. The molecule has 158 valence electrons. The van der Waals surface area contributed by atoms with Crippen LogP contribution in [0.1, 0.15) is 20.8 Å². The number of hydrogen-bond donors (Lipinski definition) is 2. The summed E-state index contributed by atoms with van der Waals surface area (Å²) in [4.78, 5) is 30.3. The molecule has 5 rings (SSSR count). The van der Waals surface area contributed by atoms with E-state index < -0.39 is 0 Å². The smallest absolute Gasteiger partial charge is 0.263 e. The lowest BCUT2D eigenvalue weighted by Crippen LogP contribution is -2.21. The molecule has 8 nitrogen and oxygen atoms in total. The van der Waals surface area contributed by atoms with E-state index in [1.807, 2.05) is 60.2 Å². The highest BCUT2D eigenvalue weighted by molar-refractivity contribution is 7.11. The van der Waals surface area contributed by atoms with Crippen molar-refractivity contribution in [3.63, 3.8) is 0 Å². The topological polar surface area (TPSA) is 112 Å². The van der Waals surface area contributed by atoms with Gasteiger partial charge >= 0.3 is 0 Å². The Morgan fingerprint density at radius 2 is 2.00 bits per heavy atom. The molecule has 0 saturated carbocycles. The van der Waals surface area contributed by atoms with Gasteiger partial charge in [-0.15, -0.1) is 11.3 Å². The van der Waals surface area contributed by atoms with Crippen LogP contribution in [0.15, 0.2) is 66.6 Å². The second-order valence-corrected chi connectivity index (χ2v) is 8.16. The molecule has 0 atom stereocenters. The lowest BCUT2D eigenvalue weighted by molar-refractivity contribution is 0.0954. The van der Waals surface area contributed by atoms with Crippen LogP contribution in [-0.4, -0.2) is 30.4 Å². The predicted molar refractivity (Wildman–Crippen MR) is 125 cm³/mol. The van der Waals surface area contributed by atoms with Gasteiger partial charge in [-0.2, -0.15) is 0 Å². The number of fused-ring (bicyclic) bond motifs is 1. The van der Waals surface area contributed by atoms with Crippen molar-refractivity contribution in [2.75, 3.05) is 5.73 Å². The molecule has 32 heavy (non-hydrogen) atoms. The highest BCUT2D eigenvalue weighted by atomic mass is 32.1. The minimum absolute atomic E-state index is 0.133. The van der Waals surface area contributed by atoms with E-state index in [4.69, 9.17) is 10.7 Å². The molecule has 0 bridgehead atoms. The minimum Gasteiger partial charge on any atom is -0.383 e. The average Bonchev–Trinajstić information content (AvgIpc) is 3.46. The maximum Gasteiger partial charge on any atom is 0.263 e. The van der Waals surface area contributed by atoms with Crippen molar-refractivity contribution in [1.82, 2.24) is 29.8 Å². The van der Waals surface area contributed by atoms with Crippen LogP contribution in [0.25, 0.3) is 28.2 Å². The van der Waals surface area contributed by atoms with Crippen LogP contribution in [0.2, 0.25) is 0 Å². The molecular formula is C23H19N7OS. The summed E-state index contributed by atoms with van der Waals surface area (Å²) in [5.74, 6) is 0.948. The van der Waals surface area contributed by atoms with Crippen LogP contribution in [0, 0.1) is 6.92 Å². The normalized spacial score (nSPS) is 11.0. The SMILES string of the molecule is Cc1cnc2c(c1)nc(-c1cccnc1N)n2-c1ccc(CNC(=O)c2cncs2)cc1. The maximum atomic E-state index is 12.2. The fraction of sp³-hybridized carbons (Fsp3) is 0.0870. The van der Waals surface area contributed by atoms with E-state index in [1.165, 1.54) is 11.3 Å². The largest absolute Gasteiger partial charge is 0.383 e. The molecular weight excluding hydrogens is 422 g/mol. The monoisotopic (exact) mass is 441 g/mol. The first-order chi connectivity index (χ1) is 15.6. The minimum atomic E-state index is -0.133. The zero-order valence-corrected chi connectivity index (χ0v) is 18.0. The van der Waals surface area contributed by atoms with E-state index >= 15 is 0 Å². The van der Waals surface area contributed by atoms with Gasteiger partial charge in [0, 0.05) is 24.6 Å². The number of nitrogens with two attached hydrogens (primary N) is 1. The molecule has 5 aromatic rings. The molecule has 0 aliphatic carbocycles. The van der Waals surface area contributed by atoms with E-state index in [1.54, 1.807) is 17.9 Å². The Hall–Kier alpha value is -4.11. The number of imidazole rings is 1. The van der Waals surface area contributed by atoms with Gasteiger partial charge in [0.15, 0.2) is 11.5 Å². The number of pyridine rings is 2. The van der Waals surface area contributed by atoms with Crippen molar-refractivity contribution in [1.29, 1.82) is 0 Å². The number of nitrogen functional groups attached to an aromatic ring is 1. The van der Waals surface area contributed by atoms with Gasteiger partial charge in [-0.05, 0) is 48.4 Å². The number of amides is 1. The molecule has 0 fully saturated rings. The standard InChI is InChI=1S/C23H19N7OS/c1-14-9-18-22(27-10-14)30(21(29-18)17-3-2-8-26-20(17)24)16-6-4-15(5-7-16)11-28-23(31)19-12-25-13-32-19/h2-10,12-13H,11H2,1H3,(H2,24,26)(H,28,31). The number of nitrogens with one attached hydrogen (secondary N) is 1. The maximum absolute atomic E-state index is 12.2. The molecule has 0 radical (unpaired) electrons. The third kappa shape index (κ3) is 3.69. The van der Waals surface area contributed by atoms with E-state index in [0.717, 1.165) is 33.5 Å². The Bertz CT molecular complexity index is 1410. The van der Waals surface area contributed by atoms with Crippen LogP contribution in [0.4, 0.5) is 5.82 Å². The van der Waals surface area contributed by atoms with Crippen LogP contribution >= 0.6 is 11.3 Å². The van der Waals surface area contributed by atoms with Crippen LogP contribution in [0.3, 0.4) is 0 Å². The summed E-state index contributed by atoms with van der Waals surface area (Å²) in [5.41, 5.74) is 12.9. The molecule has 0 unspecified atom stereocenters. The fourth-order valence-corrected chi connectivity index (χ4v) is 3.99. The average molecular weight is 442 g/mol. The number of carbonyl (C=O) groups is 1. The third-order valence-corrected chi connectivity index (χ3v) is 5.79. The van der Waals surface area contributed by atoms with Gasteiger partial charge in [0.25, 0.3) is 5.91 Å². The Morgan fingerprint density at radius 1 is 1.16 bits per heavy atom. The first kappa shape index (κ1) is 19.8. The quantitative estimate of drug-likeness (QED) is 0.430. The Morgan fingerprint density at radius 3 is 2.75 bits per heavy atom. The first-order valence-electron chi connectivity index (χ1n) is 9.92. The van der Waals surface area contributed by atoms with Gasteiger partial charge in [0.05, 0.1) is 17.3 Å². The highest BCUT2D eigenvalue weighted by Crippen LogP contribution is 2.30. The zero-order chi connectivity index (χ0) is 22.1. The van der Waals surface area contributed by atoms with Crippen LogP contribution in [0.5, 0.6) is 0 Å². The van der Waals surface area contributed by atoms with Crippen LogP contribution < -0.4 is 11.1 Å². The number of aromatic nitrogens is 5. The lowest BCUT2D eigenvalue weighted by Gasteiger charge is -2.11. The molecule has 1 amide bonds. The summed E-state index contributed by atoms with van der Waals surface area (Å²) in [6.07, 6.45) is 5.04. The summed E-state index contributed by atoms with van der Waals surface area (Å²) in [6, 6.07) is 13.6. The highest BCUT2D eigenvalue weighted by Gasteiger charge is 2.18. The molecule has 1 aromatic carbocycles. The predicted octanol–water partition coefficient (Wildman–Crippen LogP) is 3.76.